The summed E-state index contributed by atoms with van der Waals surface area (Å²) in [4.78, 5) is 14.1. The minimum absolute atomic E-state index is 0.0215. The van der Waals surface area contributed by atoms with Gasteiger partial charge in [0.05, 0.1) is 6.61 Å². The van der Waals surface area contributed by atoms with E-state index in [0.717, 1.165) is 12.1 Å². The number of carbonyl (C=O) groups is 1. The maximum atomic E-state index is 13.3. The van der Waals surface area contributed by atoms with Crippen LogP contribution in [0.5, 0.6) is 0 Å². The number of nitrogens with one attached hydrogen (secondary N) is 1. The second kappa shape index (κ2) is 7.13. The van der Waals surface area contributed by atoms with Crippen molar-refractivity contribution in [3.05, 3.63) is 35.4 Å². The van der Waals surface area contributed by atoms with Gasteiger partial charge in [-0.05, 0) is 44.4 Å². The first-order valence-corrected chi connectivity index (χ1v) is 7.98. The Balaban J connectivity index is 2.07. The quantitative estimate of drug-likeness (QED) is 0.726. The predicted octanol–water partition coefficient (Wildman–Crippen LogP) is 1.18. The minimum atomic E-state index is -1.57. The number of piperidine rings is 1. The highest BCUT2D eigenvalue weighted by atomic mass is 19.2. The molecule has 7 heteroatoms. The van der Waals surface area contributed by atoms with E-state index in [1.807, 2.05) is 0 Å². The van der Waals surface area contributed by atoms with Gasteiger partial charge in [-0.2, -0.15) is 0 Å². The van der Waals surface area contributed by atoms with E-state index in [0.29, 0.717) is 24.9 Å². The fourth-order valence-electron chi connectivity index (χ4n) is 2.68. The minimum Gasteiger partial charge on any atom is -0.394 e. The van der Waals surface area contributed by atoms with Crippen LogP contribution >= 0.6 is 0 Å². The summed E-state index contributed by atoms with van der Waals surface area (Å²) >= 11 is 0. The predicted molar refractivity (Wildman–Crippen MR) is 85.1 cm³/mol. The number of nitrogens with zero attached hydrogens (tertiary/aromatic N) is 1. The molecule has 0 spiro atoms. The van der Waals surface area contributed by atoms with Crippen LogP contribution in [-0.4, -0.2) is 51.9 Å². The molecule has 1 atom stereocenters. The van der Waals surface area contributed by atoms with Gasteiger partial charge in [-0.15, -0.1) is 0 Å². The van der Waals surface area contributed by atoms with E-state index in [4.69, 9.17) is 0 Å². The van der Waals surface area contributed by atoms with Crippen molar-refractivity contribution in [3.63, 3.8) is 0 Å². The zero-order valence-corrected chi connectivity index (χ0v) is 14.0. The smallest absolute Gasteiger partial charge is 0.256 e. The zero-order valence-electron chi connectivity index (χ0n) is 14.0. The Hall–Kier alpha value is -1.57. The molecule has 1 fully saturated rings. The van der Waals surface area contributed by atoms with Gasteiger partial charge in [0.1, 0.15) is 0 Å². The Morgan fingerprint density at radius 2 is 2.04 bits per heavy atom. The van der Waals surface area contributed by atoms with E-state index < -0.39 is 28.7 Å². The lowest BCUT2D eigenvalue weighted by Gasteiger charge is -2.40. The van der Waals surface area contributed by atoms with E-state index in [2.05, 4.69) is 5.32 Å². The van der Waals surface area contributed by atoms with E-state index in [1.165, 1.54) is 11.0 Å². The van der Waals surface area contributed by atoms with Crippen LogP contribution in [0.2, 0.25) is 0 Å². The van der Waals surface area contributed by atoms with Crippen molar-refractivity contribution in [3.8, 4) is 0 Å². The molecule has 0 bridgehead atoms. The molecule has 24 heavy (non-hydrogen) atoms. The first kappa shape index (κ1) is 18.8. The normalized spacial score (nSPS) is 22.1. The van der Waals surface area contributed by atoms with Crippen LogP contribution in [0, 0.1) is 11.6 Å². The molecule has 0 aliphatic carbocycles. The molecule has 5 nitrogen and oxygen atoms in total. The molecule has 0 saturated carbocycles. The van der Waals surface area contributed by atoms with Gasteiger partial charge in [0.25, 0.3) is 5.91 Å². The highest BCUT2D eigenvalue weighted by Gasteiger charge is 2.42. The highest BCUT2D eigenvalue weighted by molar-refractivity contribution is 5.86. The van der Waals surface area contributed by atoms with Crippen molar-refractivity contribution >= 4 is 5.91 Å². The van der Waals surface area contributed by atoms with Crippen molar-refractivity contribution in [2.24, 2.45) is 0 Å². The molecular weight excluding hydrogens is 318 g/mol. The Morgan fingerprint density at radius 3 is 2.67 bits per heavy atom. The second-order valence-corrected chi connectivity index (χ2v) is 7.01. The third-order valence-corrected chi connectivity index (χ3v) is 4.32. The van der Waals surface area contributed by atoms with Gasteiger partial charge in [-0.1, -0.05) is 6.07 Å². The third-order valence-electron chi connectivity index (χ3n) is 4.32. The van der Waals surface area contributed by atoms with E-state index in [-0.39, 0.29) is 19.7 Å². The summed E-state index contributed by atoms with van der Waals surface area (Å²) in [6.07, 6.45) is 0.918. The number of aliphatic hydroxyl groups excluding tert-OH is 1. The molecule has 0 aromatic heterocycles. The van der Waals surface area contributed by atoms with Crippen LogP contribution in [0.4, 0.5) is 8.78 Å². The van der Waals surface area contributed by atoms with Gasteiger partial charge in [0, 0.05) is 25.2 Å². The van der Waals surface area contributed by atoms with Crippen LogP contribution in [0.1, 0.15) is 32.3 Å². The molecular formula is C17H24F2N2O3. The number of carbonyl (C=O) groups excluding carboxylic acids is 1. The number of hydrogen-bond acceptors (Lipinski definition) is 4. The molecule has 0 unspecified atom stereocenters. The summed E-state index contributed by atoms with van der Waals surface area (Å²) in [6, 6.07) is 3.51. The standard InChI is InChI=1S/C17H24F2N2O3/c1-16(2,11-22)20-10-17(24)6-3-7-21(15(17)23)9-12-4-5-13(18)14(19)8-12/h4-5,8,20,22,24H,3,6-7,9-11H2,1-2H3/t17-/m0/s1. The molecule has 1 aliphatic rings. The van der Waals surface area contributed by atoms with E-state index in [1.54, 1.807) is 13.8 Å². The lowest BCUT2D eigenvalue weighted by molar-refractivity contribution is -0.157. The molecule has 2 rings (SSSR count). The van der Waals surface area contributed by atoms with Crippen molar-refractivity contribution in [1.29, 1.82) is 0 Å². The molecule has 1 saturated heterocycles. The van der Waals surface area contributed by atoms with Crippen LogP contribution < -0.4 is 5.32 Å². The average Bonchev–Trinajstić information content (AvgIpc) is 2.54. The fourth-order valence-corrected chi connectivity index (χ4v) is 2.68. The van der Waals surface area contributed by atoms with Gasteiger partial charge in [-0.25, -0.2) is 8.78 Å². The second-order valence-electron chi connectivity index (χ2n) is 7.01. The van der Waals surface area contributed by atoms with Gasteiger partial charge < -0.3 is 20.4 Å². The number of benzene rings is 1. The number of halogens is 2. The topological polar surface area (TPSA) is 72.8 Å². The van der Waals surface area contributed by atoms with Gasteiger partial charge in [0.2, 0.25) is 0 Å². The maximum absolute atomic E-state index is 13.3. The number of rotatable bonds is 6. The summed E-state index contributed by atoms with van der Waals surface area (Å²) in [5, 5.41) is 22.9. The Morgan fingerprint density at radius 1 is 1.33 bits per heavy atom. The molecule has 1 amide bonds. The lowest BCUT2D eigenvalue weighted by Crippen LogP contribution is -2.60. The monoisotopic (exact) mass is 342 g/mol. The van der Waals surface area contributed by atoms with Gasteiger partial charge in [0.15, 0.2) is 17.2 Å². The molecule has 1 aliphatic heterocycles. The van der Waals surface area contributed by atoms with Crippen LogP contribution in [0.15, 0.2) is 18.2 Å². The highest BCUT2D eigenvalue weighted by Crippen LogP contribution is 2.25. The summed E-state index contributed by atoms with van der Waals surface area (Å²) in [6.45, 7) is 3.99. The SMILES string of the molecule is CC(C)(CO)NC[C@@]1(O)CCCN(Cc2ccc(F)c(F)c2)C1=O. The summed E-state index contributed by atoms with van der Waals surface area (Å²) in [7, 11) is 0. The molecule has 3 N–H and O–H groups in total. The Bertz CT molecular complexity index is 609. The number of amides is 1. The van der Waals surface area contributed by atoms with Crippen LogP contribution in [-0.2, 0) is 11.3 Å². The average molecular weight is 342 g/mol. The van der Waals surface area contributed by atoms with Crippen LogP contribution in [0.3, 0.4) is 0 Å². The lowest BCUT2D eigenvalue weighted by atomic mass is 9.90. The number of aliphatic hydroxyl groups is 2. The van der Waals surface area contributed by atoms with Crippen LogP contribution in [0.25, 0.3) is 0 Å². The maximum Gasteiger partial charge on any atom is 0.256 e. The Labute approximate surface area is 140 Å². The van der Waals surface area contributed by atoms with E-state index in [9.17, 15) is 23.8 Å². The molecule has 1 heterocycles. The van der Waals surface area contributed by atoms with Crippen molar-refractivity contribution in [1.82, 2.24) is 10.2 Å². The molecule has 0 radical (unpaired) electrons. The third kappa shape index (κ3) is 4.28. The van der Waals surface area contributed by atoms with Crippen molar-refractivity contribution in [2.75, 3.05) is 19.7 Å². The van der Waals surface area contributed by atoms with Gasteiger partial charge >= 0.3 is 0 Å². The largest absolute Gasteiger partial charge is 0.394 e. The summed E-state index contributed by atoms with van der Waals surface area (Å²) < 4.78 is 26.3. The number of likely N-dealkylation sites (tertiary alicyclic amines) is 1. The Kier molecular flexibility index (Phi) is 5.57. The summed E-state index contributed by atoms with van der Waals surface area (Å²) in [5.41, 5.74) is -1.71. The first-order chi connectivity index (χ1) is 11.2. The van der Waals surface area contributed by atoms with Crippen molar-refractivity contribution < 1.29 is 23.8 Å². The number of β-amino-alcohol motifs (C(OH)–C–C–N with tert-alkyl or cyclic N) is 1. The fraction of sp³-hybridized carbons (Fsp3) is 0.588. The summed E-state index contributed by atoms with van der Waals surface area (Å²) in [5.74, 6) is -2.34. The molecule has 1 aromatic carbocycles. The molecule has 134 valence electrons. The van der Waals surface area contributed by atoms with E-state index >= 15 is 0 Å². The molecule has 1 aromatic rings. The van der Waals surface area contributed by atoms with Gasteiger partial charge in [-0.3, -0.25) is 4.79 Å². The first-order valence-electron chi connectivity index (χ1n) is 7.98. The van der Waals surface area contributed by atoms with Crippen molar-refractivity contribution in [2.45, 2.75) is 44.4 Å². The zero-order chi connectivity index (χ0) is 18.0. The number of hydrogen-bond donors (Lipinski definition) is 3.